The maximum Gasteiger partial charge on any atom is 0.253 e. The van der Waals surface area contributed by atoms with E-state index in [0.29, 0.717) is 18.7 Å². The lowest BCUT2D eigenvalue weighted by molar-refractivity contribution is -0.127. The molecule has 5 nitrogen and oxygen atoms in total. The largest absolute Gasteiger partial charge is 0.338 e. The van der Waals surface area contributed by atoms with E-state index in [1.54, 1.807) is 4.90 Å². The third kappa shape index (κ3) is 3.90. The Morgan fingerprint density at radius 1 is 1.15 bits per heavy atom. The van der Waals surface area contributed by atoms with Gasteiger partial charge in [0.1, 0.15) is 5.54 Å². The van der Waals surface area contributed by atoms with Gasteiger partial charge in [-0.2, -0.15) is 5.26 Å². The molecule has 1 atom stereocenters. The van der Waals surface area contributed by atoms with Crippen molar-refractivity contribution in [2.45, 2.75) is 57.9 Å². The summed E-state index contributed by atoms with van der Waals surface area (Å²) in [5, 5.41) is 12.5. The number of aryl methyl sites for hydroxylation is 2. The number of hydrogen-bond acceptors (Lipinski definition) is 3. The van der Waals surface area contributed by atoms with E-state index in [1.807, 2.05) is 32.0 Å². The van der Waals surface area contributed by atoms with Crippen LogP contribution < -0.4 is 5.32 Å². The molecule has 26 heavy (non-hydrogen) atoms. The molecular weight excluding hydrogens is 326 g/mol. The van der Waals surface area contributed by atoms with Gasteiger partial charge in [-0.3, -0.25) is 9.59 Å². The Labute approximate surface area is 155 Å². The second-order valence-corrected chi connectivity index (χ2v) is 7.86. The van der Waals surface area contributed by atoms with Crippen molar-refractivity contribution in [3.63, 3.8) is 0 Å². The summed E-state index contributed by atoms with van der Waals surface area (Å²) in [5.74, 6) is -0.319. The van der Waals surface area contributed by atoms with Gasteiger partial charge in [0.05, 0.1) is 12.0 Å². The summed E-state index contributed by atoms with van der Waals surface area (Å²) >= 11 is 0. The Hall–Kier alpha value is -2.35. The van der Waals surface area contributed by atoms with Crippen LogP contribution in [0.5, 0.6) is 0 Å². The van der Waals surface area contributed by atoms with E-state index in [4.69, 9.17) is 0 Å². The maximum absolute atomic E-state index is 12.9. The van der Waals surface area contributed by atoms with Crippen molar-refractivity contribution in [3.8, 4) is 6.07 Å². The fraction of sp³-hybridized carbons (Fsp3) is 0.571. The highest BCUT2D eigenvalue weighted by Gasteiger charge is 2.38. The molecule has 0 aromatic heterocycles. The van der Waals surface area contributed by atoms with Gasteiger partial charge in [-0.25, -0.2) is 0 Å². The van der Waals surface area contributed by atoms with Crippen molar-refractivity contribution in [3.05, 3.63) is 34.9 Å². The van der Waals surface area contributed by atoms with Crippen LogP contribution in [0.1, 0.15) is 60.0 Å². The molecule has 1 saturated carbocycles. The molecule has 1 aromatic rings. The number of carbonyl (C=O) groups excluding carboxylic acids is 2. The molecule has 2 amide bonds. The Balaban J connectivity index is 1.68. The quantitative estimate of drug-likeness (QED) is 0.907. The molecule has 0 spiro atoms. The molecule has 1 unspecified atom stereocenters. The standard InChI is InChI=1S/C21H27N3O2/c1-15-10-16(2)12-18(11-15)20(26)24-9-5-6-17(13-24)19(25)23-21(14-22)7-3-4-8-21/h10-12,17H,3-9,13H2,1-2H3,(H,23,25). The number of nitrogens with zero attached hydrogens (tertiary/aromatic N) is 2. The number of rotatable bonds is 3. The van der Waals surface area contributed by atoms with Crippen LogP contribution in [0.4, 0.5) is 0 Å². The highest BCUT2D eigenvalue weighted by molar-refractivity contribution is 5.95. The molecule has 1 heterocycles. The lowest BCUT2D eigenvalue weighted by Gasteiger charge is -2.34. The van der Waals surface area contributed by atoms with E-state index in [0.717, 1.165) is 49.7 Å². The van der Waals surface area contributed by atoms with Crippen LogP contribution in [0.15, 0.2) is 18.2 Å². The molecule has 1 aromatic carbocycles. The highest BCUT2D eigenvalue weighted by Crippen LogP contribution is 2.30. The van der Waals surface area contributed by atoms with Gasteiger partial charge in [0.15, 0.2) is 0 Å². The van der Waals surface area contributed by atoms with Crippen LogP contribution in [0.3, 0.4) is 0 Å². The Morgan fingerprint density at radius 2 is 1.81 bits per heavy atom. The summed E-state index contributed by atoms with van der Waals surface area (Å²) in [5.41, 5.74) is 2.12. The molecule has 0 bridgehead atoms. The molecule has 1 saturated heterocycles. The lowest BCUT2D eigenvalue weighted by Crippen LogP contribution is -2.51. The van der Waals surface area contributed by atoms with Gasteiger partial charge in [-0.15, -0.1) is 0 Å². The first-order chi connectivity index (χ1) is 12.4. The summed E-state index contributed by atoms with van der Waals surface area (Å²) in [4.78, 5) is 27.4. The fourth-order valence-corrected chi connectivity index (χ4v) is 4.24. The maximum atomic E-state index is 12.9. The van der Waals surface area contributed by atoms with Crippen LogP contribution in [-0.4, -0.2) is 35.3 Å². The zero-order valence-electron chi connectivity index (χ0n) is 15.7. The molecule has 0 radical (unpaired) electrons. The SMILES string of the molecule is Cc1cc(C)cc(C(=O)N2CCCC(C(=O)NC3(C#N)CCCC3)C2)c1. The second kappa shape index (κ2) is 7.49. The van der Waals surface area contributed by atoms with Crippen molar-refractivity contribution in [1.82, 2.24) is 10.2 Å². The van der Waals surface area contributed by atoms with E-state index in [9.17, 15) is 14.9 Å². The van der Waals surface area contributed by atoms with E-state index < -0.39 is 5.54 Å². The predicted molar refractivity (Wildman–Crippen MR) is 99.5 cm³/mol. The highest BCUT2D eigenvalue weighted by atomic mass is 16.2. The molecule has 1 aliphatic carbocycles. The van der Waals surface area contributed by atoms with E-state index in [-0.39, 0.29) is 17.7 Å². The van der Waals surface area contributed by atoms with Gasteiger partial charge in [-0.05, 0) is 64.5 Å². The van der Waals surface area contributed by atoms with Crippen molar-refractivity contribution in [1.29, 1.82) is 5.26 Å². The number of nitriles is 1. The van der Waals surface area contributed by atoms with Gasteiger partial charge in [0.2, 0.25) is 5.91 Å². The summed E-state index contributed by atoms with van der Waals surface area (Å²) in [6.07, 6.45) is 5.00. The van der Waals surface area contributed by atoms with Crippen molar-refractivity contribution >= 4 is 11.8 Å². The third-order valence-corrected chi connectivity index (χ3v) is 5.58. The number of nitrogens with one attached hydrogen (secondary N) is 1. The molecular formula is C21H27N3O2. The van der Waals surface area contributed by atoms with Gasteiger partial charge in [-0.1, -0.05) is 17.2 Å². The molecule has 138 valence electrons. The molecule has 1 N–H and O–H groups in total. The zero-order chi connectivity index (χ0) is 18.7. The van der Waals surface area contributed by atoms with Crippen molar-refractivity contribution in [2.75, 3.05) is 13.1 Å². The molecule has 2 aliphatic rings. The monoisotopic (exact) mass is 353 g/mol. The van der Waals surface area contributed by atoms with Crippen LogP contribution in [-0.2, 0) is 4.79 Å². The summed E-state index contributed by atoms with van der Waals surface area (Å²) in [7, 11) is 0. The summed E-state index contributed by atoms with van der Waals surface area (Å²) < 4.78 is 0. The topological polar surface area (TPSA) is 73.2 Å². The summed E-state index contributed by atoms with van der Waals surface area (Å²) in [6.45, 7) is 5.08. The molecule has 2 fully saturated rings. The van der Waals surface area contributed by atoms with Crippen LogP contribution >= 0.6 is 0 Å². The number of carbonyl (C=O) groups is 2. The number of benzene rings is 1. The van der Waals surface area contributed by atoms with Crippen molar-refractivity contribution in [2.24, 2.45) is 5.92 Å². The third-order valence-electron chi connectivity index (χ3n) is 5.58. The number of likely N-dealkylation sites (tertiary alicyclic amines) is 1. The van der Waals surface area contributed by atoms with E-state index in [1.165, 1.54) is 0 Å². The molecule has 3 rings (SSSR count). The minimum absolute atomic E-state index is 0.00911. The first-order valence-electron chi connectivity index (χ1n) is 9.53. The second-order valence-electron chi connectivity index (χ2n) is 7.86. The Morgan fingerprint density at radius 3 is 2.42 bits per heavy atom. The molecule has 1 aliphatic heterocycles. The molecule has 5 heteroatoms. The first kappa shape index (κ1) is 18.4. The minimum Gasteiger partial charge on any atom is -0.338 e. The van der Waals surface area contributed by atoms with E-state index >= 15 is 0 Å². The lowest BCUT2D eigenvalue weighted by atomic mass is 9.93. The Bertz CT molecular complexity index is 724. The number of piperidine rings is 1. The van der Waals surface area contributed by atoms with Gasteiger partial charge < -0.3 is 10.2 Å². The average molecular weight is 353 g/mol. The van der Waals surface area contributed by atoms with E-state index in [2.05, 4.69) is 11.4 Å². The van der Waals surface area contributed by atoms with Gasteiger partial charge >= 0.3 is 0 Å². The zero-order valence-corrected chi connectivity index (χ0v) is 15.7. The smallest absolute Gasteiger partial charge is 0.253 e. The van der Waals surface area contributed by atoms with Gasteiger partial charge in [0, 0.05) is 18.7 Å². The summed E-state index contributed by atoms with van der Waals surface area (Å²) in [6, 6.07) is 8.16. The number of amides is 2. The fourth-order valence-electron chi connectivity index (χ4n) is 4.24. The number of hydrogen-bond donors (Lipinski definition) is 1. The van der Waals surface area contributed by atoms with Crippen LogP contribution in [0.25, 0.3) is 0 Å². The van der Waals surface area contributed by atoms with Crippen molar-refractivity contribution < 1.29 is 9.59 Å². The van der Waals surface area contributed by atoms with Crippen LogP contribution in [0.2, 0.25) is 0 Å². The Kier molecular flexibility index (Phi) is 5.31. The predicted octanol–water partition coefficient (Wildman–Crippen LogP) is 3.11. The van der Waals surface area contributed by atoms with Crippen LogP contribution in [0, 0.1) is 31.1 Å². The first-order valence-corrected chi connectivity index (χ1v) is 9.53. The van der Waals surface area contributed by atoms with Gasteiger partial charge in [0.25, 0.3) is 5.91 Å². The normalized spacial score (nSPS) is 21.9. The average Bonchev–Trinajstić information content (AvgIpc) is 3.09. The minimum atomic E-state index is -0.697.